The molecule has 0 aromatic rings. The first kappa shape index (κ1) is 33.6. The van der Waals surface area contributed by atoms with Crippen molar-refractivity contribution < 1.29 is 19.4 Å². The molecule has 0 saturated carbocycles. The minimum absolute atomic E-state index is 0.235. The second-order valence-corrected chi connectivity index (χ2v) is 9.23. The Morgan fingerprint density at radius 1 is 0.735 bits per heavy atom. The number of allylic oxidation sites excluding steroid dienone is 9. The number of carbonyl (C=O) groups is 2. The van der Waals surface area contributed by atoms with E-state index in [1.54, 1.807) is 19.9 Å². The summed E-state index contributed by atoms with van der Waals surface area (Å²) >= 11 is 0. The molecule has 0 aromatic heterocycles. The molecular weight excluding hydrogens is 424 g/mol. The summed E-state index contributed by atoms with van der Waals surface area (Å²) in [6, 6.07) is 0. The number of rotatable bonds is 12. The smallest absolute Gasteiger partial charge is 0.333 e. The van der Waals surface area contributed by atoms with E-state index >= 15 is 0 Å². The highest BCUT2D eigenvalue weighted by Crippen LogP contribution is 2.13. The summed E-state index contributed by atoms with van der Waals surface area (Å²) in [6.07, 6.45) is 15.2. The van der Waals surface area contributed by atoms with Crippen molar-refractivity contribution in [2.75, 3.05) is 6.61 Å². The molecule has 1 N–H and O–H groups in total. The van der Waals surface area contributed by atoms with Crippen molar-refractivity contribution >= 4 is 11.9 Å². The van der Waals surface area contributed by atoms with Gasteiger partial charge in [-0.25, -0.2) is 9.59 Å². The van der Waals surface area contributed by atoms with Crippen LogP contribution in [0.1, 0.15) is 101 Å². The Bertz CT molecular complexity index is 822. The SMILES string of the molecule is C/C=C(\C)C(=O)OC/C=C(\C)CCC=C(C)C.CC(C)=CCCC(C)=CC/C(C)=C(/C)C(=O)O. The van der Waals surface area contributed by atoms with Crippen molar-refractivity contribution in [3.63, 3.8) is 0 Å². The summed E-state index contributed by atoms with van der Waals surface area (Å²) < 4.78 is 5.09. The number of aliphatic carboxylic acids is 1. The number of hydrogen-bond donors (Lipinski definition) is 1. The lowest BCUT2D eigenvalue weighted by Gasteiger charge is -2.03. The molecule has 0 aliphatic heterocycles. The summed E-state index contributed by atoms with van der Waals surface area (Å²) in [6.45, 7) is 20.0. The van der Waals surface area contributed by atoms with Crippen LogP contribution >= 0.6 is 0 Å². The molecule has 0 aromatic carbocycles. The maximum absolute atomic E-state index is 11.3. The van der Waals surface area contributed by atoms with Gasteiger partial charge in [-0.3, -0.25) is 0 Å². The van der Waals surface area contributed by atoms with E-state index in [9.17, 15) is 9.59 Å². The van der Waals surface area contributed by atoms with Gasteiger partial charge in [0.25, 0.3) is 0 Å². The molecule has 0 saturated heterocycles. The van der Waals surface area contributed by atoms with E-state index in [1.807, 2.05) is 19.9 Å². The second-order valence-electron chi connectivity index (χ2n) is 9.23. The predicted molar refractivity (Wildman–Crippen MR) is 146 cm³/mol. The molecule has 0 fully saturated rings. The molecule has 0 atom stereocenters. The molecule has 34 heavy (non-hydrogen) atoms. The Kier molecular flexibility index (Phi) is 19.6. The van der Waals surface area contributed by atoms with Crippen LogP contribution in [0.3, 0.4) is 0 Å². The largest absolute Gasteiger partial charge is 0.478 e. The van der Waals surface area contributed by atoms with Crippen LogP contribution in [-0.2, 0) is 14.3 Å². The van der Waals surface area contributed by atoms with Gasteiger partial charge in [0.05, 0.1) is 0 Å². The number of ether oxygens (including phenoxy) is 1. The van der Waals surface area contributed by atoms with Gasteiger partial charge in [0.15, 0.2) is 0 Å². The fraction of sp³-hybridized carbons (Fsp3) is 0.533. The number of carboxylic acids is 1. The van der Waals surface area contributed by atoms with Crippen LogP contribution in [0, 0.1) is 0 Å². The van der Waals surface area contributed by atoms with Crippen LogP contribution in [0.25, 0.3) is 0 Å². The Labute approximate surface area is 208 Å². The van der Waals surface area contributed by atoms with Gasteiger partial charge < -0.3 is 9.84 Å². The zero-order valence-corrected chi connectivity index (χ0v) is 23.3. The molecule has 0 radical (unpaired) electrons. The summed E-state index contributed by atoms with van der Waals surface area (Å²) in [5.74, 6) is -1.06. The lowest BCUT2D eigenvalue weighted by atomic mass is 10.0. The second kappa shape index (κ2) is 19.8. The maximum Gasteiger partial charge on any atom is 0.333 e. The van der Waals surface area contributed by atoms with Gasteiger partial charge in [-0.15, -0.1) is 0 Å². The lowest BCUT2D eigenvalue weighted by Crippen LogP contribution is -2.05. The van der Waals surface area contributed by atoms with Crippen molar-refractivity contribution in [2.45, 2.75) is 101 Å². The van der Waals surface area contributed by atoms with Gasteiger partial charge >= 0.3 is 11.9 Å². The molecular formula is C30H48O4. The molecule has 0 bridgehead atoms. The summed E-state index contributed by atoms with van der Waals surface area (Å²) in [4.78, 5) is 22.1. The van der Waals surface area contributed by atoms with Gasteiger partial charge in [0.1, 0.15) is 6.61 Å². The predicted octanol–water partition coefficient (Wildman–Crippen LogP) is 8.68. The molecule has 0 aliphatic carbocycles. The highest BCUT2D eigenvalue weighted by Gasteiger charge is 2.04. The van der Waals surface area contributed by atoms with E-state index in [-0.39, 0.29) is 5.97 Å². The summed E-state index contributed by atoms with van der Waals surface area (Å²) in [7, 11) is 0. The highest BCUT2D eigenvalue weighted by atomic mass is 16.5. The maximum atomic E-state index is 11.3. The van der Waals surface area contributed by atoms with E-state index in [4.69, 9.17) is 9.84 Å². The summed E-state index contributed by atoms with van der Waals surface area (Å²) in [5.41, 5.74) is 7.30. The van der Waals surface area contributed by atoms with Crippen LogP contribution in [0.4, 0.5) is 0 Å². The number of hydrogen-bond acceptors (Lipinski definition) is 3. The monoisotopic (exact) mass is 472 g/mol. The van der Waals surface area contributed by atoms with Crippen molar-refractivity contribution in [1.29, 1.82) is 0 Å². The zero-order valence-electron chi connectivity index (χ0n) is 23.3. The van der Waals surface area contributed by atoms with Gasteiger partial charge in [-0.05, 0) is 107 Å². The van der Waals surface area contributed by atoms with E-state index in [0.717, 1.165) is 37.7 Å². The van der Waals surface area contributed by atoms with E-state index in [1.165, 1.54) is 22.3 Å². The van der Waals surface area contributed by atoms with Crippen molar-refractivity contribution in [2.24, 2.45) is 0 Å². The van der Waals surface area contributed by atoms with E-state index in [2.05, 4.69) is 59.8 Å². The number of carboxylic acid groups (broad SMARTS) is 1. The molecule has 192 valence electrons. The molecule has 0 heterocycles. The fourth-order valence-corrected chi connectivity index (χ4v) is 2.54. The highest BCUT2D eigenvalue weighted by molar-refractivity contribution is 5.87. The quantitative estimate of drug-likeness (QED) is 0.175. The average Bonchev–Trinajstić information content (AvgIpc) is 2.75. The third-order valence-electron chi connectivity index (χ3n) is 5.30. The molecule has 4 nitrogen and oxygen atoms in total. The van der Waals surface area contributed by atoms with Crippen LogP contribution in [-0.4, -0.2) is 23.7 Å². The van der Waals surface area contributed by atoms with Crippen LogP contribution in [0.15, 0.2) is 69.4 Å². The lowest BCUT2D eigenvalue weighted by molar-refractivity contribution is -0.137. The average molecular weight is 473 g/mol. The number of carbonyl (C=O) groups excluding carboxylic acids is 1. The third-order valence-corrected chi connectivity index (χ3v) is 5.30. The van der Waals surface area contributed by atoms with Crippen LogP contribution < -0.4 is 0 Å². The Morgan fingerprint density at radius 3 is 1.62 bits per heavy atom. The first-order chi connectivity index (χ1) is 15.8. The Hall–Kier alpha value is -2.62. The normalized spacial score (nSPS) is 12.7. The molecule has 0 aliphatic rings. The fourth-order valence-electron chi connectivity index (χ4n) is 2.54. The topological polar surface area (TPSA) is 63.6 Å². The minimum Gasteiger partial charge on any atom is -0.478 e. The van der Waals surface area contributed by atoms with Crippen molar-refractivity contribution in [1.82, 2.24) is 0 Å². The molecule has 0 spiro atoms. The molecule has 0 rings (SSSR count). The van der Waals surface area contributed by atoms with E-state index < -0.39 is 5.97 Å². The van der Waals surface area contributed by atoms with E-state index in [0.29, 0.717) is 17.8 Å². The Balaban J connectivity index is 0. The van der Waals surface area contributed by atoms with Gasteiger partial charge in [-0.2, -0.15) is 0 Å². The van der Waals surface area contributed by atoms with Gasteiger partial charge in [0, 0.05) is 11.1 Å². The zero-order chi connectivity index (χ0) is 26.7. The molecule has 0 amide bonds. The molecule has 0 unspecified atom stereocenters. The van der Waals surface area contributed by atoms with Crippen LogP contribution in [0.2, 0.25) is 0 Å². The van der Waals surface area contributed by atoms with Crippen molar-refractivity contribution in [3.8, 4) is 0 Å². The van der Waals surface area contributed by atoms with Crippen molar-refractivity contribution in [3.05, 3.63) is 69.4 Å². The van der Waals surface area contributed by atoms with Gasteiger partial charge in [-0.1, -0.05) is 52.2 Å². The standard InChI is InChI=1S/2C15H24O2/c1-11(2)7-6-8-12(3)9-10-13(4)14(5)15(16)17;1-6-14(5)15(16)17-11-10-13(4)9-7-8-12(2)3/h7,9H,6,8,10H2,1-5H3,(H,16,17);6,8,10H,7,9,11H2,1-5H3/b12-9?,14-13-;13-10+,14-6+. The number of esters is 1. The minimum atomic E-state index is -0.821. The van der Waals surface area contributed by atoms with Crippen LogP contribution in [0.5, 0.6) is 0 Å². The van der Waals surface area contributed by atoms with Gasteiger partial charge in [0.2, 0.25) is 0 Å². The first-order valence-electron chi connectivity index (χ1n) is 12.1. The molecule has 4 heteroatoms. The third kappa shape index (κ3) is 20.0. The Morgan fingerprint density at radius 2 is 1.21 bits per heavy atom. The first-order valence-corrected chi connectivity index (χ1v) is 12.1. The summed E-state index contributed by atoms with van der Waals surface area (Å²) in [5, 5.41) is 8.83.